The van der Waals surface area contributed by atoms with Gasteiger partial charge < -0.3 is 14.4 Å². The summed E-state index contributed by atoms with van der Waals surface area (Å²) < 4.78 is 10.4. The highest BCUT2D eigenvalue weighted by Crippen LogP contribution is 2.47. The predicted octanol–water partition coefficient (Wildman–Crippen LogP) is 2.99. The first-order valence-electron chi connectivity index (χ1n) is 8.20. The number of likely N-dealkylation sites (tertiary alicyclic amines) is 1. The lowest BCUT2D eigenvalue weighted by atomic mass is 9.68. The first-order chi connectivity index (χ1) is 11.2. The highest BCUT2D eigenvalue weighted by molar-refractivity contribution is 5.80. The molecule has 2 atom stereocenters. The van der Waals surface area contributed by atoms with Crippen molar-refractivity contribution in [2.24, 2.45) is 11.3 Å². The SMILES string of the molecule is COC(=O)[C@]12CCCC[C@H]1CN(C(=O)OCc1ccccc1)C2. The van der Waals surface area contributed by atoms with Crippen LogP contribution in [0.15, 0.2) is 30.3 Å². The molecular formula is C18H23NO4. The number of carbonyl (C=O) groups excluding carboxylic acids is 2. The number of esters is 1. The molecule has 2 fully saturated rings. The molecule has 1 heterocycles. The lowest BCUT2D eigenvalue weighted by Crippen LogP contribution is -2.42. The highest BCUT2D eigenvalue weighted by Gasteiger charge is 2.55. The molecule has 1 aromatic carbocycles. The van der Waals surface area contributed by atoms with Gasteiger partial charge in [-0.15, -0.1) is 0 Å². The van der Waals surface area contributed by atoms with Crippen molar-refractivity contribution in [2.75, 3.05) is 20.2 Å². The normalized spacial score (nSPS) is 26.5. The smallest absolute Gasteiger partial charge is 0.410 e. The van der Waals surface area contributed by atoms with E-state index in [4.69, 9.17) is 9.47 Å². The second-order valence-corrected chi connectivity index (χ2v) is 6.51. The van der Waals surface area contributed by atoms with E-state index in [2.05, 4.69) is 0 Å². The molecule has 1 saturated carbocycles. The van der Waals surface area contributed by atoms with Crippen LogP contribution in [0.25, 0.3) is 0 Å². The fourth-order valence-corrected chi connectivity index (χ4v) is 3.94. The van der Waals surface area contributed by atoms with Crippen LogP contribution in [0.4, 0.5) is 4.79 Å². The van der Waals surface area contributed by atoms with Gasteiger partial charge in [0.25, 0.3) is 0 Å². The van der Waals surface area contributed by atoms with E-state index in [0.717, 1.165) is 31.2 Å². The Kier molecular flexibility index (Phi) is 4.55. The quantitative estimate of drug-likeness (QED) is 0.804. The number of fused-ring (bicyclic) bond motifs is 1. The Bertz CT molecular complexity index is 574. The lowest BCUT2D eigenvalue weighted by Gasteiger charge is -2.35. The maximum atomic E-state index is 12.4. The third-order valence-electron chi connectivity index (χ3n) is 5.18. The van der Waals surface area contributed by atoms with Crippen LogP contribution in [-0.2, 0) is 20.9 Å². The minimum atomic E-state index is -0.529. The van der Waals surface area contributed by atoms with Gasteiger partial charge in [-0.2, -0.15) is 0 Å². The van der Waals surface area contributed by atoms with Crippen LogP contribution < -0.4 is 0 Å². The second kappa shape index (κ2) is 6.60. The van der Waals surface area contributed by atoms with Crippen LogP contribution in [0.2, 0.25) is 0 Å². The molecular weight excluding hydrogens is 294 g/mol. The molecule has 0 bridgehead atoms. The molecule has 0 spiro atoms. The van der Waals surface area contributed by atoms with E-state index in [1.54, 1.807) is 4.90 Å². The molecule has 0 radical (unpaired) electrons. The molecule has 1 amide bonds. The summed E-state index contributed by atoms with van der Waals surface area (Å²) in [4.78, 5) is 26.4. The van der Waals surface area contributed by atoms with Crippen LogP contribution in [0.5, 0.6) is 0 Å². The largest absolute Gasteiger partial charge is 0.469 e. The third-order valence-corrected chi connectivity index (χ3v) is 5.18. The summed E-state index contributed by atoms with van der Waals surface area (Å²) in [5.41, 5.74) is 0.429. The average molecular weight is 317 g/mol. The zero-order chi connectivity index (χ0) is 16.3. The van der Waals surface area contributed by atoms with Gasteiger partial charge in [-0.3, -0.25) is 4.79 Å². The number of nitrogens with zero attached hydrogens (tertiary/aromatic N) is 1. The van der Waals surface area contributed by atoms with Gasteiger partial charge in [-0.25, -0.2) is 4.79 Å². The van der Waals surface area contributed by atoms with Crippen LogP contribution in [0, 0.1) is 11.3 Å². The molecule has 5 nitrogen and oxygen atoms in total. The fraction of sp³-hybridized carbons (Fsp3) is 0.556. The Labute approximate surface area is 136 Å². The van der Waals surface area contributed by atoms with E-state index in [9.17, 15) is 9.59 Å². The minimum Gasteiger partial charge on any atom is -0.469 e. The van der Waals surface area contributed by atoms with E-state index >= 15 is 0 Å². The zero-order valence-electron chi connectivity index (χ0n) is 13.5. The summed E-state index contributed by atoms with van der Waals surface area (Å²) in [6.45, 7) is 1.26. The summed E-state index contributed by atoms with van der Waals surface area (Å²) >= 11 is 0. The van der Waals surface area contributed by atoms with Crippen LogP contribution in [0.1, 0.15) is 31.2 Å². The second-order valence-electron chi connectivity index (χ2n) is 6.51. The summed E-state index contributed by atoms with van der Waals surface area (Å²) in [7, 11) is 1.43. The lowest BCUT2D eigenvalue weighted by molar-refractivity contribution is -0.156. The maximum absolute atomic E-state index is 12.4. The number of carbonyl (C=O) groups is 2. The summed E-state index contributed by atoms with van der Waals surface area (Å²) in [6.07, 6.45) is 3.55. The third kappa shape index (κ3) is 3.05. The molecule has 1 saturated heterocycles. The standard InChI is InChI=1S/C18H23NO4/c1-22-16(20)18-10-6-5-9-15(18)11-19(13-18)17(21)23-12-14-7-3-2-4-8-14/h2-4,7-8,15H,5-6,9-13H2,1H3/t15-,18-/m0/s1. The van der Waals surface area contributed by atoms with Crippen molar-refractivity contribution in [1.82, 2.24) is 4.90 Å². The van der Waals surface area contributed by atoms with Gasteiger partial charge in [0, 0.05) is 13.1 Å². The molecule has 0 N–H and O–H groups in total. The van der Waals surface area contributed by atoms with Crippen molar-refractivity contribution in [2.45, 2.75) is 32.3 Å². The zero-order valence-corrected chi connectivity index (χ0v) is 13.5. The van der Waals surface area contributed by atoms with Crippen molar-refractivity contribution in [1.29, 1.82) is 0 Å². The summed E-state index contributed by atoms with van der Waals surface area (Å²) in [5, 5.41) is 0. The van der Waals surface area contributed by atoms with Crippen molar-refractivity contribution >= 4 is 12.1 Å². The maximum Gasteiger partial charge on any atom is 0.410 e. The number of amides is 1. The molecule has 0 unspecified atom stereocenters. The Morgan fingerprint density at radius 3 is 2.78 bits per heavy atom. The first kappa shape index (κ1) is 15.8. The number of rotatable bonds is 3. The molecule has 3 rings (SSSR count). The molecule has 5 heteroatoms. The van der Waals surface area contributed by atoms with Crippen molar-refractivity contribution < 1.29 is 19.1 Å². The van der Waals surface area contributed by atoms with Crippen molar-refractivity contribution in [3.63, 3.8) is 0 Å². The van der Waals surface area contributed by atoms with E-state index < -0.39 is 5.41 Å². The number of ether oxygens (including phenoxy) is 2. The van der Waals surface area contributed by atoms with Gasteiger partial charge >= 0.3 is 12.1 Å². The predicted molar refractivity (Wildman–Crippen MR) is 84.6 cm³/mol. The topological polar surface area (TPSA) is 55.8 Å². The van der Waals surface area contributed by atoms with Gasteiger partial charge in [-0.05, 0) is 24.3 Å². The number of hydrogen-bond acceptors (Lipinski definition) is 4. The van der Waals surface area contributed by atoms with Crippen molar-refractivity contribution in [3.05, 3.63) is 35.9 Å². The number of methoxy groups -OCH3 is 1. The number of benzene rings is 1. The molecule has 124 valence electrons. The van der Waals surface area contributed by atoms with Crippen LogP contribution in [-0.4, -0.2) is 37.2 Å². The van der Waals surface area contributed by atoms with Gasteiger partial charge in [0.1, 0.15) is 6.61 Å². The van der Waals surface area contributed by atoms with Gasteiger partial charge in [0.15, 0.2) is 0 Å². The van der Waals surface area contributed by atoms with E-state index in [-0.39, 0.29) is 24.6 Å². The Hall–Kier alpha value is -2.04. The summed E-state index contributed by atoms with van der Waals surface area (Å²) in [5.74, 6) is 0.00790. The Morgan fingerprint density at radius 2 is 2.04 bits per heavy atom. The monoisotopic (exact) mass is 317 g/mol. The summed E-state index contributed by atoms with van der Waals surface area (Å²) in [6, 6.07) is 9.61. The van der Waals surface area contributed by atoms with Crippen LogP contribution >= 0.6 is 0 Å². The van der Waals surface area contributed by atoms with E-state index in [1.165, 1.54) is 7.11 Å². The van der Waals surface area contributed by atoms with Crippen LogP contribution in [0.3, 0.4) is 0 Å². The molecule has 1 aliphatic heterocycles. The molecule has 23 heavy (non-hydrogen) atoms. The Morgan fingerprint density at radius 1 is 1.26 bits per heavy atom. The average Bonchev–Trinajstić information content (AvgIpc) is 3.00. The van der Waals surface area contributed by atoms with Gasteiger partial charge in [-0.1, -0.05) is 43.2 Å². The molecule has 2 aliphatic rings. The Balaban J connectivity index is 1.65. The van der Waals surface area contributed by atoms with E-state index in [1.807, 2.05) is 30.3 Å². The molecule has 0 aromatic heterocycles. The molecule has 1 aliphatic carbocycles. The fourth-order valence-electron chi connectivity index (χ4n) is 3.94. The van der Waals surface area contributed by atoms with Gasteiger partial charge in [0.05, 0.1) is 12.5 Å². The first-order valence-corrected chi connectivity index (χ1v) is 8.20. The van der Waals surface area contributed by atoms with Gasteiger partial charge in [0.2, 0.25) is 0 Å². The number of hydrogen-bond donors (Lipinski definition) is 0. The highest BCUT2D eigenvalue weighted by atomic mass is 16.6. The minimum absolute atomic E-state index is 0.180. The van der Waals surface area contributed by atoms with Crippen molar-refractivity contribution in [3.8, 4) is 0 Å². The van der Waals surface area contributed by atoms with E-state index in [0.29, 0.717) is 13.1 Å². The molecule has 1 aromatic rings.